The van der Waals surface area contributed by atoms with Crippen LogP contribution < -0.4 is 5.30 Å². The lowest BCUT2D eigenvalue weighted by Gasteiger charge is -2.33. The SMILES string of the molecule is CP(C)(=O)c1ccc(N=C2C=IC=C(C(F)(F)F)C(N3CCc4c(Cl)cc(Cl)cc4C3)=N2)cc1. The molecule has 2 aliphatic rings. The summed E-state index contributed by atoms with van der Waals surface area (Å²) in [7, 11) is -2.41. The Morgan fingerprint density at radius 1 is 1.15 bits per heavy atom. The quantitative estimate of drug-likeness (QED) is 0.263. The normalized spacial score (nSPS) is 18.1. The van der Waals surface area contributed by atoms with Gasteiger partial charge in [0.25, 0.3) is 0 Å². The maximum absolute atomic E-state index is 14.0. The van der Waals surface area contributed by atoms with Gasteiger partial charge < -0.3 is 9.46 Å². The number of benzene rings is 2. The van der Waals surface area contributed by atoms with E-state index < -0.39 is 39.6 Å². The van der Waals surface area contributed by atoms with E-state index in [2.05, 4.69) is 9.98 Å². The second-order valence-corrected chi connectivity index (χ2v) is 14.3. The number of hydrogen-bond acceptors (Lipinski definition) is 3. The van der Waals surface area contributed by atoms with E-state index in [-0.39, 0.29) is 18.2 Å². The highest BCUT2D eigenvalue weighted by atomic mass is 127. The third-order valence-corrected chi connectivity index (χ3v) is 9.36. The van der Waals surface area contributed by atoms with Crippen LogP contribution in [-0.2, 0) is 17.5 Å². The largest absolute Gasteiger partial charge is 0.420 e. The van der Waals surface area contributed by atoms with Crippen LogP contribution in [0.4, 0.5) is 18.9 Å². The number of halogens is 6. The van der Waals surface area contributed by atoms with Gasteiger partial charge in [0.05, 0.1) is 5.69 Å². The second kappa shape index (κ2) is 9.88. The van der Waals surface area contributed by atoms with Gasteiger partial charge in [-0.05, 0) is 71.4 Å². The minimum absolute atomic E-state index is 0.148. The van der Waals surface area contributed by atoms with Crippen LogP contribution in [0.2, 0.25) is 10.0 Å². The number of rotatable bonds is 2. The summed E-state index contributed by atoms with van der Waals surface area (Å²) >= 11 is 11.4. The van der Waals surface area contributed by atoms with Crippen molar-refractivity contribution in [2.24, 2.45) is 9.98 Å². The highest BCUT2D eigenvalue weighted by Crippen LogP contribution is 2.36. The zero-order valence-electron chi connectivity index (χ0n) is 18.2. The zero-order chi connectivity index (χ0) is 24.7. The summed E-state index contributed by atoms with van der Waals surface area (Å²) in [6.45, 7) is 3.90. The molecule has 180 valence electrons. The molecule has 2 heterocycles. The second-order valence-electron chi connectivity index (χ2n) is 8.23. The van der Waals surface area contributed by atoms with Crippen LogP contribution in [0.3, 0.4) is 0 Å². The zero-order valence-corrected chi connectivity index (χ0v) is 22.8. The Kier molecular flexibility index (Phi) is 7.44. The molecule has 0 fully saturated rings. The number of fused-ring (bicyclic) bond motifs is 1. The van der Waals surface area contributed by atoms with E-state index in [0.29, 0.717) is 34.0 Å². The molecular weight excluding hydrogens is 620 g/mol. The monoisotopic (exact) mass is 639 g/mol. The average molecular weight is 640 g/mol. The first-order valence-electron chi connectivity index (χ1n) is 10.2. The van der Waals surface area contributed by atoms with Crippen molar-refractivity contribution in [3.05, 3.63) is 67.2 Å². The smallest absolute Gasteiger partial charge is 0.351 e. The van der Waals surface area contributed by atoms with E-state index in [9.17, 15) is 17.7 Å². The Balaban J connectivity index is 1.73. The summed E-state index contributed by atoms with van der Waals surface area (Å²) in [6.07, 6.45) is -4.06. The topological polar surface area (TPSA) is 45.0 Å². The van der Waals surface area contributed by atoms with Crippen LogP contribution in [0.15, 0.2) is 56.0 Å². The van der Waals surface area contributed by atoms with E-state index in [0.717, 1.165) is 11.1 Å². The number of aliphatic imine (C=N–C) groups is 2. The molecule has 0 unspecified atom stereocenters. The third kappa shape index (κ3) is 5.83. The molecule has 4 rings (SSSR count). The lowest BCUT2D eigenvalue weighted by molar-refractivity contribution is -0.0867. The van der Waals surface area contributed by atoms with Crippen LogP contribution in [0.1, 0.15) is 11.1 Å². The molecule has 0 amide bonds. The van der Waals surface area contributed by atoms with Crippen molar-refractivity contribution < 1.29 is 17.7 Å². The van der Waals surface area contributed by atoms with Gasteiger partial charge in [0.2, 0.25) is 0 Å². The minimum Gasteiger partial charge on any atom is -0.351 e. The fourth-order valence-electron chi connectivity index (χ4n) is 3.68. The molecule has 0 radical (unpaired) electrons. The molecule has 0 atom stereocenters. The van der Waals surface area contributed by atoms with Crippen molar-refractivity contribution in [1.82, 2.24) is 4.90 Å². The standard InChI is InChI=1S/C23H20Cl2F3IN3OP/c1-34(2,33)17-5-3-16(4-6-17)30-21-12-29-11-19(23(26,27)28)22(31-21)32-8-7-18-14(13-32)9-15(24)10-20(18)25/h3-6,9-12H,7-8,13H2,1-2H3. The van der Waals surface area contributed by atoms with Crippen molar-refractivity contribution in [3.8, 4) is 0 Å². The lowest BCUT2D eigenvalue weighted by Crippen LogP contribution is -2.40. The summed E-state index contributed by atoms with van der Waals surface area (Å²) in [5.74, 6) is 0.0850. The first-order valence-corrected chi connectivity index (χ1v) is 16.0. The summed E-state index contributed by atoms with van der Waals surface area (Å²) in [5.41, 5.74) is 1.47. The van der Waals surface area contributed by atoms with E-state index in [1.807, 2.05) is 0 Å². The predicted octanol–water partition coefficient (Wildman–Crippen LogP) is 6.96. The Morgan fingerprint density at radius 2 is 1.85 bits per heavy atom. The van der Waals surface area contributed by atoms with E-state index in [1.54, 1.807) is 58.6 Å². The summed E-state index contributed by atoms with van der Waals surface area (Å²) in [5, 5.41) is 1.67. The highest BCUT2D eigenvalue weighted by molar-refractivity contribution is 14.2. The highest BCUT2D eigenvalue weighted by Gasteiger charge is 2.40. The maximum Gasteiger partial charge on any atom is 0.420 e. The van der Waals surface area contributed by atoms with Crippen molar-refractivity contribution in [2.45, 2.75) is 19.1 Å². The molecule has 0 spiro atoms. The van der Waals surface area contributed by atoms with Gasteiger partial charge in [-0.1, -0.05) is 43.9 Å². The molecule has 2 aliphatic heterocycles. The van der Waals surface area contributed by atoms with Gasteiger partial charge in [0.15, 0.2) is 5.84 Å². The van der Waals surface area contributed by atoms with Crippen LogP contribution in [0, 0.1) is 0 Å². The summed E-state index contributed by atoms with van der Waals surface area (Å²) in [6, 6.07) is 10.2. The molecule has 0 bridgehead atoms. The van der Waals surface area contributed by atoms with Crippen LogP contribution in [0.25, 0.3) is 0 Å². The van der Waals surface area contributed by atoms with Gasteiger partial charge in [0.1, 0.15) is 18.6 Å². The molecular formula is C23H20Cl2F3IN3OP. The summed E-state index contributed by atoms with van der Waals surface area (Å²) in [4.78, 5) is 10.5. The maximum atomic E-state index is 14.0. The number of alkyl halides is 3. The third-order valence-electron chi connectivity index (χ3n) is 5.36. The molecule has 0 saturated heterocycles. The summed E-state index contributed by atoms with van der Waals surface area (Å²) < 4.78 is 57.1. The van der Waals surface area contributed by atoms with Gasteiger partial charge >= 0.3 is 6.18 Å². The van der Waals surface area contributed by atoms with Gasteiger partial charge in [-0.15, -0.1) is 0 Å². The van der Waals surface area contributed by atoms with E-state index >= 15 is 0 Å². The van der Waals surface area contributed by atoms with Crippen LogP contribution in [-0.4, -0.2) is 46.6 Å². The molecule has 0 aromatic heterocycles. The fraction of sp³-hybridized carbons (Fsp3) is 0.261. The van der Waals surface area contributed by atoms with E-state index in [1.165, 1.54) is 4.08 Å². The first-order chi connectivity index (χ1) is 15.9. The van der Waals surface area contributed by atoms with Gasteiger partial charge in [-0.25, -0.2) is 9.98 Å². The number of amidine groups is 2. The first kappa shape index (κ1) is 25.6. The Morgan fingerprint density at radius 3 is 2.50 bits per heavy atom. The fourth-order valence-corrected chi connectivity index (χ4v) is 6.95. The van der Waals surface area contributed by atoms with Crippen LogP contribution in [0.5, 0.6) is 0 Å². The van der Waals surface area contributed by atoms with Crippen molar-refractivity contribution >= 4 is 77.7 Å². The van der Waals surface area contributed by atoms with Gasteiger partial charge in [-0.2, -0.15) is 13.2 Å². The Labute approximate surface area is 215 Å². The Hall–Kier alpha value is -1.48. The molecule has 2 aromatic carbocycles. The van der Waals surface area contributed by atoms with Crippen molar-refractivity contribution in [1.29, 1.82) is 0 Å². The molecule has 4 nitrogen and oxygen atoms in total. The predicted molar refractivity (Wildman–Crippen MR) is 145 cm³/mol. The van der Waals surface area contributed by atoms with Crippen molar-refractivity contribution in [2.75, 3.05) is 19.9 Å². The molecule has 11 heteroatoms. The lowest BCUT2D eigenvalue weighted by atomic mass is 9.99. The molecule has 0 N–H and O–H groups in total. The molecule has 2 aromatic rings. The molecule has 34 heavy (non-hydrogen) atoms. The Bertz CT molecular complexity index is 1300. The molecule has 0 saturated carbocycles. The van der Waals surface area contributed by atoms with E-state index in [4.69, 9.17) is 23.2 Å². The minimum atomic E-state index is -4.54. The molecule has 0 aliphatic carbocycles. The van der Waals surface area contributed by atoms with Gasteiger partial charge in [0, 0.05) is 32.5 Å². The van der Waals surface area contributed by atoms with Gasteiger partial charge in [-0.3, -0.25) is 0 Å². The number of nitrogens with zero attached hydrogens (tertiary/aromatic N) is 3. The number of hydrogen-bond donors (Lipinski definition) is 0. The van der Waals surface area contributed by atoms with Crippen molar-refractivity contribution in [3.63, 3.8) is 0 Å². The average Bonchev–Trinajstić information content (AvgIpc) is 2.95. The van der Waals surface area contributed by atoms with Crippen LogP contribution >= 0.6 is 51.1 Å².